The van der Waals surface area contributed by atoms with Crippen LogP contribution in [0, 0.1) is 0 Å². The van der Waals surface area contributed by atoms with Crippen LogP contribution in [0.5, 0.6) is 5.75 Å². The van der Waals surface area contributed by atoms with Crippen molar-refractivity contribution in [3.8, 4) is 5.75 Å². The monoisotopic (exact) mass is 347 g/mol. The average molecular weight is 348 g/mol. The molecule has 1 aliphatic rings. The SMILES string of the molecule is CC1CN(S(=O)(=O)c2cc(Cl)ccc2OCC(N)=O)CCN1. The number of nitrogens with zero attached hydrogens (tertiary/aromatic N) is 1. The molecule has 3 N–H and O–H groups in total. The molecule has 0 radical (unpaired) electrons. The Balaban J connectivity index is 2.36. The number of carbonyl (C=O) groups excluding carboxylic acids is 1. The molecule has 22 heavy (non-hydrogen) atoms. The second-order valence-corrected chi connectivity index (χ2v) is 7.41. The van der Waals surface area contributed by atoms with E-state index >= 15 is 0 Å². The summed E-state index contributed by atoms with van der Waals surface area (Å²) in [5, 5.41) is 3.45. The number of nitrogens with one attached hydrogen (secondary N) is 1. The molecular weight excluding hydrogens is 330 g/mol. The predicted molar refractivity (Wildman–Crippen MR) is 82.4 cm³/mol. The van der Waals surface area contributed by atoms with Crippen LogP contribution < -0.4 is 15.8 Å². The molecule has 9 heteroatoms. The van der Waals surface area contributed by atoms with Gasteiger partial charge in [-0.25, -0.2) is 8.42 Å². The summed E-state index contributed by atoms with van der Waals surface area (Å²) in [5.74, 6) is -0.622. The molecule has 122 valence electrons. The Hall–Kier alpha value is -1.35. The topological polar surface area (TPSA) is 102 Å². The zero-order valence-corrected chi connectivity index (χ0v) is 13.7. The standard InChI is InChI=1S/C13H18ClN3O4S/c1-9-7-17(5-4-16-9)22(19,20)12-6-10(14)2-3-11(12)21-8-13(15)18/h2-3,6,9,16H,4-5,7-8H2,1H3,(H2,15,18). The minimum atomic E-state index is -3.76. The van der Waals surface area contributed by atoms with Crippen LogP contribution in [-0.2, 0) is 14.8 Å². The molecule has 7 nitrogen and oxygen atoms in total. The van der Waals surface area contributed by atoms with Crippen molar-refractivity contribution in [2.75, 3.05) is 26.2 Å². The van der Waals surface area contributed by atoms with Gasteiger partial charge in [0.1, 0.15) is 10.6 Å². The number of nitrogens with two attached hydrogens (primary N) is 1. The van der Waals surface area contributed by atoms with Gasteiger partial charge in [0.15, 0.2) is 6.61 Å². The van der Waals surface area contributed by atoms with Gasteiger partial charge in [-0.15, -0.1) is 0 Å². The normalized spacial score (nSPS) is 19.8. The van der Waals surface area contributed by atoms with E-state index in [1.54, 1.807) is 0 Å². The Morgan fingerprint density at radius 2 is 2.27 bits per heavy atom. The van der Waals surface area contributed by atoms with E-state index in [0.717, 1.165) is 0 Å². The van der Waals surface area contributed by atoms with Crippen LogP contribution in [0.1, 0.15) is 6.92 Å². The number of ether oxygens (including phenoxy) is 1. The molecule has 0 saturated carbocycles. The molecule has 1 aliphatic heterocycles. The van der Waals surface area contributed by atoms with E-state index in [-0.39, 0.29) is 21.7 Å². The summed E-state index contributed by atoms with van der Waals surface area (Å²) in [6, 6.07) is 4.29. The van der Waals surface area contributed by atoms with Crippen LogP contribution in [0.3, 0.4) is 0 Å². The van der Waals surface area contributed by atoms with Gasteiger partial charge in [-0.05, 0) is 25.1 Å². The second-order valence-electron chi connectivity index (χ2n) is 5.06. The van der Waals surface area contributed by atoms with Crippen LogP contribution in [0.25, 0.3) is 0 Å². The molecule has 1 aromatic carbocycles. The highest BCUT2D eigenvalue weighted by atomic mass is 35.5. The first kappa shape index (κ1) is 17.0. The summed E-state index contributed by atoms with van der Waals surface area (Å²) in [4.78, 5) is 10.8. The molecule has 0 spiro atoms. The number of halogens is 1. The lowest BCUT2D eigenvalue weighted by atomic mass is 10.3. The summed E-state index contributed by atoms with van der Waals surface area (Å²) in [6.07, 6.45) is 0. The van der Waals surface area contributed by atoms with Crippen LogP contribution in [0.4, 0.5) is 0 Å². The lowest BCUT2D eigenvalue weighted by molar-refractivity contribution is -0.120. The molecule has 1 saturated heterocycles. The average Bonchev–Trinajstić information content (AvgIpc) is 2.45. The highest BCUT2D eigenvalue weighted by Gasteiger charge is 2.31. The number of rotatable bonds is 5. The van der Waals surface area contributed by atoms with Gasteiger partial charge in [0.2, 0.25) is 10.0 Å². The third-order valence-electron chi connectivity index (χ3n) is 3.23. The maximum Gasteiger partial charge on any atom is 0.255 e. The van der Waals surface area contributed by atoms with Crippen LogP contribution in [0.15, 0.2) is 23.1 Å². The molecular formula is C13H18ClN3O4S. The van der Waals surface area contributed by atoms with Gasteiger partial charge >= 0.3 is 0 Å². The van der Waals surface area contributed by atoms with Gasteiger partial charge in [0.25, 0.3) is 5.91 Å². The molecule has 1 aromatic rings. The molecule has 1 amide bonds. The fourth-order valence-corrected chi connectivity index (χ4v) is 4.13. The maximum atomic E-state index is 12.8. The summed E-state index contributed by atoms with van der Waals surface area (Å²) in [5.41, 5.74) is 5.03. The van der Waals surface area contributed by atoms with E-state index in [9.17, 15) is 13.2 Å². The first-order valence-electron chi connectivity index (χ1n) is 6.75. The minimum Gasteiger partial charge on any atom is -0.482 e. The number of primary amides is 1. The number of sulfonamides is 1. The Morgan fingerprint density at radius 1 is 1.55 bits per heavy atom. The first-order valence-corrected chi connectivity index (χ1v) is 8.56. The van der Waals surface area contributed by atoms with E-state index in [4.69, 9.17) is 22.1 Å². The minimum absolute atomic E-state index is 0.0534. The van der Waals surface area contributed by atoms with Crippen molar-refractivity contribution in [2.24, 2.45) is 5.73 Å². The largest absolute Gasteiger partial charge is 0.482 e. The Bertz CT molecular complexity index is 665. The number of hydrogen-bond acceptors (Lipinski definition) is 5. The third-order valence-corrected chi connectivity index (χ3v) is 5.35. The van der Waals surface area contributed by atoms with E-state index in [1.165, 1.54) is 22.5 Å². The Morgan fingerprint density at radius 3 is 2.91 bits per heavy atom. The lowest BCUT2D eigenvalue weighted by Crippen LogP contribution is -2.51. The Labute approximate surface area is 134 Å². The highest BCUT2D eigenvalue weighted by Crippen LogP contribution is 2.30. The van der Waals surface area contributed by atoms with Crippen molar-refractivity contribution in [1.29, 1.82) is 0 Å². The molecule has 0 aromatic heterocycles. The van der Waals surface area contributed by atoms with Crippen LogP contribution in [-0.4, -0.2) is 50.9 Å². The molecule has 1 heterocycles. The number of carbonyl (C=O) groups is 1. The Kier molecular flexibility index (Phi) is 5.28. The van der Waals surface area contributed by atoms with E-state index in [1.807, 2.05) is 6.92 Å². The van der Waals surface area contributed by atoms with Crippen molar-refractivity contribution >= 4 is 27.5 Å². The van der Waals surface area contributed by atoms with Crippen molar-refractivity contribution in [3.63, 3.8) is 0 Å². The lowest BCUT2D eigenvalue weighted by Gasteiger charge is -2.31. The second kappa shape index (κ2) is 6.82. The van der Waals surface area contributed by atoms with Gasteiger partial charge in [-0.1, -0.05) is 11.6 Å². The maximum absolute atomic E-state index is 12.8. The van der Waals surface area contributed by atoms with Crippen molar-refractivity contribution < 1.29 is 17.9 Å². The van der Waals surface area contributed by atoms with E-state index in [2.05, 4.69) is 5.32 Å². The van der Waals surface area contributed by atoms with Crippen molar-refractivity contribution in [3.05, 3.63) is 23.2 Å². The van der Waals surface area contributed by atoms with E-state index in [0.29, 0.717) is 19.6 Å². The summed E-state index contributed by atoms with van der Waals surface area (Å²) < 4.78 is 32.2. The molecule has 2 rings (SSSR count). The van der Waals surface area contributed by atoms with Crippen molar-refractivity contribution in [1.82, 2.24) is 9.62 Å². The fourth-order valence-electron chi connectivity index (χ4n) is 2.21. The molecule has 0 aliphatic carbocycles. The van der Waals surface area contributed by atoms with Gasteiger partial charge in [0, 0.05) is 30.7 Å². The molecule has 1 unspecified atom stereocenters. The number of benzene rings is 1. The van der Waals surface area contributed by atoms with Crippen molar-refractivity contribution in [2.45, 2.75) is 17.9 Å². The quantitative estimate of drug-likeness (QED) is 0.791. The number of piperazine rings is 1. The van der Waals surface area contributed by atoms with E-state index < -0.39 is 22.5 Å². The zero-order chi connectivity index (χ0) is 16.3. The summed E-state index contributed by atoms with van der Waals surface area (Å²) >= 11 is 5.91. The first-order chi connectivity index (χ1) is 10.3. The predicted octanol–water partition coefficient (Wildman–Crippen LogP) is 0.187. The van der Waals surface area contributed by atoms with Gasteiger partial charge in [-0.2, -0.15) is 4.31 Å². The zero-order valence-electron chi connectivity index (χ0n) is 12.1. The third kappa shape index (κ3) is 3.89. The number of amides is 1. The smallest absolute Gasteiger partial charge is 0.255 e. The van der Waals surface area contributed by atoms with Crippen LogP contribution >= 0.6 is 11.6 Å². The summed E-state index contributed by atoms with van der Waals surface area (Å²) in [7, 11) is -3.76. The van der Waals surface area contributed by atoms with Gasteiger partial charge in [0.05, 0.1) is 0 Å². The molecule has 1 atom stereocenters. The van der Waals surface area contributed by atoms with Gasteiger partial charge in [-0.3, -0.25) is 4.79 Å². The molecule has 0 bridgehead atoms. The molecule has 1 fully saturated rings. The van der Waals surface area contributed by atoms with Gasteiger partial charge < -0.3 is 15.8 Å². The number of hydrogen-bond donors (Lipinski definition) is 2. The van der Waals surface area contributed by atoms with Crippen LogP contribution in [0.2, 0.25) is 5.02 Å². The summed E-state index contributed by atoms with van der Waals surface area (Å²) in [6.45, 7) is 2.78. The fraction of sp³-hybridized carbons (Fsp3) is 0.462. The highest BCUT2D eigenvalue weighted by molar-refractivity contribution is 7.89.